The van der Waals surface area contributed by atoms with Crippen molar-refractivity contribution in [2.45, 2.75) is 32.6 Å². The number of hydrogen-bond donors (Lipinski definition) is 1. The molecule has 2 rings (SSSR count). The highest BCUT2D eigenvalue weighted by Gasteiger charge is 2.41. The SMILES string of the molecule is CCn1cc(NC(=O)N2CCN([C@@H](C)C(F)(F)F)CC2)ccc1=O. The van der Waals surface area contributed by atoms with Crippen LogP contribution in [0.25, 0.3) is 0 Å². The van der Waals surface area contributed by atoms with E-state index in [1.807, 2.05) is 6.92 Å². The highest BCUT2D eigenvalue weighted by atomic mass is 19.4. The first-order valence-corrected chi connectivity index (χ1v) is 7.79. The van der Waals surface area contributed by atoms with E-state index in [0.29, 0.717) is 12.2 Å². The fourth-order valence-corrected chi connectivity index (χ4v) is 2.57. The minimum Gasteiger partial charge on any atom is -0.322 e. The number of carbonyl (C=O) groups excluding carboxylic acids is 1. The van der Waals surface area contributed by atoms with E-state index in [1.165, 1.54) is 26.5 Å². The van der Waals surface area contributed by atoms with Gasteiger partial charge in [-0.1, -0.05) is 0 Å². The van der Waals surface area contributed by atoms with Crippen molar-refractivity contribution in [2.24, 2.45) is 0 Å². The van der Waals surface area contributed by atoms with Gasteiger partial charge in [0.2, 0.25) is 0 Å². The lowest BCUT2D eigenvalue weighted by molar-refractivity contribution is -0.181. The van der Waals surface area contributed by atoms with Crippen molar-refractivity contribution in [3.05, 3.63) is 28.7 Å². The number of amides is 2. The van der Waals surface area contributed by atoms with Gasteiger partial charge in [-0.05, 0) is 19.9 Å². The topological polar surface area (TPSA) is 57.6 Å². The molecule has 1 fully saturated rings. The summed E-state index contributed by atoms with van der Waals surface area (Å²) in [5.74, 6) is 0. The second-order valence-corrected chi connectivity index (χ2v) is 5.71. The fourth-order valence-electron chi connectivity index (χ4n) is 2.57. The predicted molar refractivity (Wildman–Crippen MR) is 84.1 cm³/mol. The van der Waals surface area contributed by atoms with Crippen molar-refractivity contribution in [2.75, 3.05) is 31.5 Å². The minimum absolute atomic E-state index is 0.162. The minimum atomic E-state index is -4.27. The number of alkyl halides is 3. The molecule has 9 heteroatoms. The molecule has 0 aromatic carbocycles. The van der Waals surface area contributed by atoms with Gasteiger partial charge in [-0.2, -0.15) is 13.2 Å². The number of halogens is 3. The Balaban J connectivity index is 1.92. The number of hydrogen-bond acceptors (Lipinski definition) is 3. The largest absolute Gasteiger partial charge is 0.403 e. The Morgan fingerprint density at radius 1 is 1.25 bits per heavy atom. The van der Waals surface area contributed by atoms with Crippen molar-refractivity contribution in [3.8, 4) is 0 Å². The van der Waals surface area contributed by atoms with Gasteiger partial charge in [-0.3, -0.25) is 9.69 Å². The second-order valence-electron chi connectivity index (χ2n) is 5.71. The van der Waals surface area contributed by atoms with Crippen LogP contribution in [0.2, 0.25) is 0 Å². The summed E-state index contributed by atoms with van der Waals surface area (Å²) in [6.07, 6.45) is -2.72. The van der Waals surface area contributed by atoms with Crippen LogP contribution in [-0.4, -0.2) is 58.8 Å². The molecule has 0 spiro atoms. The summed E-state index contributed by atoms with van der Waals surface area (Å²) in [4.78, 5) is 26.5. The zero-order valence-electron chi connectivity index (χ0n) is 13.6. The molecule has 1 N–H and O–H groups in total. The van der Waals surface area contributed by atoms with E-state index in [4.69, 9.17) is 0 Å². The number of urea groups is 1. The maximum atomic E-state index is 12.7. The molecule has 1 aliphatic rings. The first kappa shape index (κ1) is 18.3. The van der Waals surface area contributed by atoms with Crippen LogP contribution in [0.4, 0.5) is 23.7 Å². The van der Waals surface area contributed by atoms with Crippen LogP contribution < -0.4 is 10.9 Å². The lowest BCUT2D eigenvalue weighted by Gasteiger charge is -2.38. The Morgan fingerprint density at radius 3 is 2.42 bits per heavy atom. The van der Waals surface area contributed by atoms with Crippen LogP contribution >= 0.6 is 0 Å². The molecule has 1 aliphatic heterocycles. The normalized spacial score (nSPS) is 17.6. The fraction of sp³-hybridized carbons (Fsp3) is 0.600. The molecule has 0 bridgehead atoms. The summed E-state index contributed by atoms with van der Waals surface area (Å²) in [5.41, 5.74) is 0.317. The smallest absolute Gasteiger partial charge is 0.322 e. The molecular formula is C15H21F3N4O2. The van der Waals surface area contributed by atoms with Gasteiger partial charge < -0.3 is 14.8 Å². The van der Waals surface area contributed by atoms with E-state index in [2.05, 4.69) is 5.32 Å². The third-order valence-corrected chi connectivity index (χ3v) is 4.20. The third-order valence-electron chi connectivity index (χ3n) is 4.20. The predicted octanol–water partition coefficient (Wildman–Crippen LogP) is 1.97. The summed E-state index contributed by atoms with van der Waals surface area (Å²) in [7, 11) is 0. The van der Waals surface area contributed by atoms with Gasteiger partial charge in [-0.25, -0.2) is 4.79 Å². The highest BCUT2D eigenvalue weighted by Crippen LogP contribution is 2.25. The van der Waals surface area contributed by atoms with Crippen molar-refractivity contribution in [1.82, 2.24) is 14.4 Å². The number of carbonyl (C=O) groups is 1. The van der Waals surface area contributed by atoms with Gasteiger partial charge in [0.15, 0.2) is 0 Å². The van der Waals surface area contributed by atoms with Crippen LogP contribution in [0, 0.1) is 0 Å². The molecule has 0 unspecified atom stereocenters. The van der Waals surface area contributed by atoms with E-state index >= 15 is 0 Å². The highest BCUT2D eigenvalue weighted by molar-refractivity contribution is 5.89. The maximum absolute atomic E-state index is 12.7. The van der Waals surface area contributed by atoms with Crippen LogP contribution in [0.5, 0.6) is 0 Å². The van der Waals surface area contributed by atoms with Crippen LogP contribution in [0.3, 0.4) is 0 Å². The van der Waals surface area contributed by atoms with E-state index in [0.717, 1.165) is 6.92 Å². The van der Waals surface area contributed by atoms with Gasteiger partial charge in [0.25, 0.3) is 5.56 Å². The number of pyridine rings is 1. The summed E-state index contributed by atoms with van der Waals surface area (Å²) in [6, 6.07) is 0.975. The lowest BCUT2D eigenvalue weighted by atomic mass is 10.2. The van der Waals surface area contributed by atoms with E-state index in [9.17, 15) is 22.8 Å². The quantitative estimate of drug-likeness (QED) is 0.910. The van der Waals surface area contributed by atoms with E-state index in [-0.39, 0.29) is 37.8 Å². The van der Waals surface area contributed by atoms with E-state index < -0.39 is 12.2 Å². The molecule has 0 aliphatic carbocycles. The van der Waals surface area contributed by atoms with Crippen LogP contribution in [-0.2, 0) is 6.54 Å². The third kappa shape index (κ3) is 4.28. The van der Waals surface area contributed by atoms with Gasteiger partial charge in [0.05, 0.1) is 5.69 Å². The molecule has 134 valence electrons. The standard InChI is InChI=1S/C15H21F3N4O2/c1-3-20-10-12(4-5-13(20)23)19-14(24)22-8-6-21(7-9-22)11(2)15(16,17)18/h4-5,10-11H,3,6-9H2,1-2H3,(H,19,24)/t11-/m0/s1. The summed E-state index contributed by atoms with van der Waals surface area (Å²) in [6.45, 7) is 4.21. The van der Waals surface area contributed by atoms with Gasteiger partial charge in [0, 0.05) is 45.0 Å². The molecule has 1 aromatic heterocycles. The Morgan fingerprint density at radius 2 is 1.88 bits per heavy atom. The van der Waals surface area contributed by atoms with E-state index in [1.54, 1.807) is 6.20 Å². The number of nitrogens with one attached hydrogen (secondary N) is 1. The Hall–Kier alpha value is -2.03. The van der Waals surface area contributed by atoms with Crippen molar-refractivity contribution < 1.29 is 18.0 Å². The molecular weight excluding hydrogens is 325 g/mol. The molecule has 24 heavy (non-hydrogen) atoms. The molecule has 1 saturated heterocycles. The molecule has 6 nitrogen and oxygen atoms in total. The summed E-state index contributed by atoms with van der Waals surface area (Å²) >= 11 is 0. The monoisotopic (exact) mass is 346 g/mol. The van der Waals surface area contributed by atoms with Crippen molar-refractivity contribution >= 4 is 11.7 Å². The Kier molecular flexibility index (Phi) is 5.53. The molecule has 1 aromatic rings. The Labute approximate surface area is 137 Å². The number of aromatic nitrogens is 1. The Bertz CT molecular complexity index is 636. The van der Waals surface area contributed by atoms with Gasteiger partial charge in [-0.15, -0.1) is 0 Å². The van der Waals surface area contributed by atoms with Crippen LogP contribution in [0.15, 0.2) is 23.1 Å². The summed E-state index contributed by atoms with van der Waals surface area (Å²) < 4.78 is 39.6. The molecule has 2 amide bonds. The average molecular weight is 346 g/mol. The first-order valence-electron chi connectivity index (χ1n) is 7.79. The second kappa shape index (κ2) is 7.25. The number of piperazine rings is 1. The number of anilines is 1. The molecule has 2 heterocycles. The first-order chi connectivity index (χ1) is 11.2. The van der Waals surface area contributed by atoms with Gasteiger partial charge >= 0.3 is 12.2 Å². The molecule has 1 atom stereocenters. The number of nitrogens with zero attached hydrogens (tertiary/aromatic N) is 3. The zero-order chi connectivity index (χ0) is 17.9. The zero-order valence-corrected chi connectivity index (χ0v) is 13.6. The molecule has 0 saturated carbocycles. The number of aryl methyl sites for hydroxylation is 1. The van der Waals surface area contributed by atoms with Gasteiger partial charge in [0.1, 0.15) is 6.04 Å². The van der Waals surface area contributed by atoms with Crippen molar-refractivity contribution in [1.29, 1.82) is 0 Å². The summed E-state index contributed by atoms with van der Waals surface area (Å²) in [5, 5.41) is 2.67. The molecule has 0 radical (unpaired) electrons. The van der Waals surface area contributed by atoms with Crippen molar-refractivity contribution in [3.63, 3.8) is 0 Å². The number of rotatable bonds is 3. The maximum Gasteiger partial charge on any atom is 0.403 e. The lowest BCUT2D eigenvalue weighted by Crippen LogP contribution is -2.55. The average Bonchev–Trinajstić information content (AvgIpc) is 2.55. The van der Waals surface area contributed by atoms with Crippen LogP contribution in [0.1, 0.15) is 13.8 Å².